The monoisotopic (exact) mass is 403 g/mol. The highest BCUT2D eigenvalue weighted by atomic mass is 19.4. The Morgan fingerprint density at radius 3 is 2.38 bits per heavy atom. The second-order valence-electron chi connectivity index (χ2n) is 6.70. The molecule has 0 aliphatic heterocycles. The Labute approximate surface area is 165 Å². The molecule has 0 bridgehead atoms. The van der Waals surface area contributed by atoms with Crippen molar-refractivity contribution >= 4 is 16.9 Å². The number of carbonyl (C=O) groups excluding carboxylic acids is 1. The normalized spacial score (nSPS) is 12.8. The molecule has 0 saturated heterocycles. The molecule has 0 radical (unpaired) electrons. The van der Waals surface area contributed by atoms with Crippen LogP contribution in [0, 0.1) is 6.92 Å². The molecule has 1 aromatic heterocycles. The maximum absolute atomic E-state index is 12.8. The van der Waals surface area contributed by atoms with Gasteiger partial charge in [0.2, 0.25) is 0 Å². The number of benzene rings is 2. The fourth-order valence-electron chi connectivity index (χ4n) is 2.92. The van der Waals surface area contributed by atoms with Gasteiger partial charge in [-0.25, -0.2) is 9.97 Å². The van der Waals surface area contributed by atoms with Gasteiger partial charge in [-0.2, -0.15) is 13.2 Å². The van der Waals surface area contributed by atoms with Crippen LogP contribution in [0.4, 0.5) is 13.2 Å². The van der Waals surface area contributed by atoms with Crippen LogP contribution in [0.15, 0.2) is 42.5 Å². The number of carbonyl (C=O) groups is 1. The van der Waals surface area contributed by atoms with Gasteiger partial charge in [-0.05, 0) is 43.7 Å². The van der Waals surface area contributed by atoms with Gasteiger partial charge in [0.05, 0.1) is 40.6 Å². The molecule has 29 heavy (non-hydrogen) atoms. The molecule has 0 saturated carbocycles. The van der Waals surface area contributed by atoms with E-state index in [0.717, 1.165) is 12.1 Å². The van der Waals surface area contributed by atoms with Gasteiger partial charge in [-0.1, -0.05) is 19.1 Å². The van der Waals surface area contributed by atoms with Crippen molar-refractivity contribution in [3.05, 3.63) is 59.3 Å². The highest BCUT2D eigenvalue weighted by Gasteiger charge is 2.30. The van der Waals surface area contributed by atoms with E-state index in [1.54, 1.807) is 25.1 Å². The first-order chi connectivity index (χ1) is 13.7. The number of aromatic nitrogens is 2. The van der Waals surface area contributed by atoms with Gasteiger partial charge in [0.25, 0.3) is 5.91 Å². The zero-order valence-electron chi connectivity index (χ0n) is 15.9. The predicted molar refractivity (Wildman–Crippen MR) is 103 cm³/mol. The Morgan fingerprint density at radius 2 is 1.79 bits per heavy atom. The van der Waals surface area contributed by atoms with Crippen molar-refractivity contribution < 1.29 is 23.1 Å². The molecule has 2 N–H and O–H groups in total. The number of rotatable bonds is 5. The lowest BCUT2D eigenvalue weighted by atomic mass is 10.1. The number of halogens is 3. The highest BCUT2D eigenvalue weighted by Crippen LogP contribution is 2.31. The smallest absolute Gasteiger partial charge is 0.394 e. The van der Waals surface area contributed by atoms with Crippen molar-refractivity contribution in [1.82, 2.24) is 15.3 Å². The molecular weight excluding hydrogens is 383 g/mol. The largest absolute Gasteiger partial charge is 0.416 e. The number of hydrogen-bond donors (Lipinski definition) is 2. The number of alkyl halides is 3. The molecule has 152 valence electrons. The fourth-order valence-corrected chi connectivity index (χ4v) is 2.92. The third kappa shape index (κ3) is 4.54. The van der Waals surface area contributed by atoms with Gasteiger partial charge in [0, 0.05) is 11.1 Å². The van der Waals surface area contributed by atoms with Crippen molar-refractivity contribution in [1.29, 1.82) is 0 Å². The molecule has 2 aromatic carbocycles. The Morgan fingerprint density at radius 1 is 1.10 bits per heavy atom. The highest BCUT2D eigenvalue weighted by molar-refractivity contribution is 5.97. The molecule has 3 rings (SSSR count). The van der Waals surface area contributed by atoms with Crippen LogP contribution in [-0.2, 0) is 6.18 Å². The van der Waals surface area contributed by atoms with Crippen LogP contribution in [0.3, 0.4) is 0 Å². The third-order valence-electron chi connectivity index (χ3n) is 4.63. The molecule has 0 aliphatic rings. The maximum atomic E-state index is 12.8. The van der Waals surface area contributed by atoms with Crippen LogP contribution < -0.4 is 5.32 Å². The number of fused-ring (bicyclic) bond motifs is 1. The van der Waals surface area contributed by atoms with Gasteiger partial charge >= 0.3 is 6.18 Å². The summed E-state index contributed by atoms with van der Waals surface area (Å²) >= 11 is 0. The summed E-state index contributed by atoms with van der Waals surface area (Å²) in [6.45, 7) is 3.42. The van der Waals surface area contributed by atoms with Crippen molar-refractivity contribution in [3.8, 4) is 11.3 Å². The quantitative estimate of drug-likeness (QED) is 0.672. The molecule has 1 unspecified atom stereocenters. The summed E-state index contributed by atoms with van der Waals surface area (Å²) in [5.41, 5.74) is 2.18. The lowest BCUT2D eigenvalue weighted by Gasteiger charge is -2.14. The minimum Gasteiger partial charge on any atom is -0.394 e. The van der Waals surface area contributed by atoms with Gasteiger partial charge in [0.1, 0.15) is 0 Å². The lowest BCUT2D eigenvalue weighted by molar-refractivity contribution is -0.137. The van der Waals surface area contributed by atoms with E-state index in [1.165, 1.54) is 12.1 Å². The van der Waals surface area contributed by atoms with Crippen molar-refractivity contribution in [2.45, 2.75) is 32.5 Å². The zero-order chi connectivity index (χ0) is 21.2. The first-order valence-corrected chi connectivity index (χ1v) is 9.10. The summed E-state index contributed by atoms with van der Waals surface area (Å²) < 4.78 is 38.4. The molecule has 0 aliphatic carbocycles. The maximum Gasteiger partial charge on any atom is 0.416 e. The van der Waals surface area contributed by atoms with E-state index in [2.05, 4.69) is 15.3 Å². The van der Waals surface area contributed by atoms with Crippen LogP contribution in [0.5, 0.6) is 0 Å². The van der Waals surface area contributed by atoms with Gasteiger partial charge in [0.15, 0.2) is 0 Å². The summed E-state index contributed by atoms with van der Waals surface area (Å²) in [6.07, 6.45) is -3.82. The number of amides is 1. The first-order valence-electron chi connectivity index (χ1n) is 9.10. The SMILES string of the molecule is CCC(CO)NC(=O)c1ccc2nc(C)c(-c3ccc(C(F)(F)F)cc3)nc2c1. The minimum atomic E-state index is -4.41. The van der Waals surface area contributed by atoms with E-state index in [4.69, 9.17) is 0 Å². The van der Waals surface area contributed by atoms with E-state index in [1.807, 2.05) is 6.92 Å². The molecule has 1 atom stereocenters. The molecule has 1 heterocycles. The Kier molecular flexibility index (Phi) is 5.83. The average molecular weight is 403 g/mol. The average Bonchev–Trinajstić information content (AvgIpc) is 2.70. The molecular formula is C21H20F3N3O2. The second kappa shape index (κ2) is 8.16. The second-order valence-corrected chi connectivity index (χ2v) is 6.70. The molecule has 0 fully saturated rings. The van der Waals surface area contributed by atoms with E-state index in [0.29, 0.717) is 40.0 Å². The van der Waals surface area contributed by atoms with Crippen LogP contribution in [-0.4, -0.2) is 33.6 Å². The van der Waals surface area contributed by atoms with Crippen LogP contribution in [0.1, 0.15) is 35.0 Å². The lowest BCUT2D eigenvalue weighted by Crippen LogP contribution is -2.36. The number of aliphatic hydroxyl groups excluding tert-OH is 1. The van der Waals surface area contributed by atoms with E-state index in [9.17, 15) is 23.1 Å². The van der Waals surface area contributed by atoms with E-state index in [-0.39, 0.29) is 18.6 Å². The number of nitrogens with one attached hydrogen (secondary N) is 1. The number of aliphatic hydroxyl groups is 1. The minimum absolute atomic E-state index is 0.160. The third-order valence-corrected chi connectivity index (χ3v) is 4.63. The molecule has 3 aromatic rings. The van der Waals surface area contributed by atoms with Gasteiger partial charge in [-0.3, -0.25) is 4.79 Å². The Hall–Kier alpha value is -3.00. The van der Waals surface area contributed by atoms with Crippen molar-refractivity contribution in [2.75, 3.05) is 6.61 Å². The number of aryl methyl sites for hydroxylation is 1. The Balaban J connectivity index is 1.97. The van der Waals surface area contributed by atoms with Crippen LogP contribution in [0.25, 0.3) is 22.3 Å². The standard InChI is InChI=1S/C21H20F3N3O2/c1-3-16(11-28)26-20(29)14-6-9-17-18(10-14)27-19(12(2)25-17)13-4-7-15(8-5-13)21(22,23)24/h4-10,16,28H,3,11H2,1-2H3,(H,26,29). The number of hydrogen-bond acceptors (Lipinski definition) is 4. The summed E-state index contributed by atoms with van der Waals surface area (Å²) in [7, 11) is 0. The van der Waals surface area contributed by atoms with E-state index >= 15 is 0 Å². The van der Waals surface area contributed by atoms with Crippen molar-refractivity contribution in [2.24, 2.45) is 0 Å². The molecule has 0 spiro atoms. The molecule has 1 amide bonds. The summed E-state index contributed by atoms with van der Waals surface area (Å²) in [4.78, 5) is 21.4. The van der Waals surface area contributed by atoms with E-state index < -0.39 is 11.7 Å². The summed E-state index contributed by atoms with van der Waals surface area (Å²) in [5.74, 6) is -0.341. The van der Waals surface area contributed by atoms with Gasteiger partial charge in [-0.15, -0.1) is 0 Å². The summed E-state index contributed by atoms with van der Waals surface area (Å²) in [6, 6.07) is 9.24. The predicted octanol–water partition coefficient (Wildman–Crippen LogP) is 4.12. The molecule has 8 heteroatoms. The first kappa shape index (κ1) is 20.7. The fraction of sp³-hybridized carbons (Fsp3) is 0.286. The van der Waals surface area contributed by atoms with Crippen molar-refractivity contribution in [3.63, 3.8) is 0 Å². The topological polar surface area (TPSA) is 75.1 Å². The van der Waals surface area contributed by atoms with Gasteiger partial charge < -0.3 is 10.4 Å². The Bertz CT molecular complexity index is 1030. The number of nitrogens with zero attached hydrogens (tertiary/aromatic N) is 2. The summed E-state index contributed by atoms with van der Waals surface area (Å²) in [5, 5.41) is 12.0. The van der Waals surface area contributed by atoms with Crippen LogP contribution in [0.2, 0.25) is 0 Å². The molecule has 5 nitrogen and oxygen atoms in total. The zero-order valence-corrected chi connectivity index (χ0v) is 15.9. The van der Waals surface area contributed by atoms with Crippen LogP contribution >= 0.6 is 0 Å².